The quantitative estimate of drug-likeness (QED) is 0.313. The molecule has 43 heavy (non-hydrogen) atoms. The Labute approximate surface area is 263 Å². The molecule has 2 bridgehead atoms. The second kappa shape index (κ2) is 12.9. The van der Waals surface area contributed by atoms with Crippen molar-refractivity contribution >= 4 is 52.5 Å². The van der Waals surface area contributed by atoms with Crippen LogP contribution in [-0.4, -0.2) is 69.5 Å². The third-order valence-electron chi connectivity index (χ3n) is 8.97. The van der Waals surface area contributed by atoms with E-state index in [1.807, 2.05) is 50.2 Å². The molecule has 228 valence electrons. The number of carbonyl (C=O) groups excluding carboxylic acids is 3. The maximum atomic E-state index is 14.8. The number of thioether (sulfide) groups is 1. The molecule has 1 N–H and O–H groups in total. The molecule has 0 saturated carbocycles. The monoisotopic (exact) mass is 621 g/mol. The van der Waals surface area contributed by atoms with Crippen LogP contribution in [0, 0.1) is 17.8 Å². The lowest BCUT2D eigenvalue weighted by atomic mass is 9.70. The zero-order valence-corrected chi connectivity index (χ0v) is 26.3. The number of carbonyl (C=O) groups is 3. The molecular formula is C34H40ClN3O4S. The van der Waals surface area contributed by atoms with Crippen LogP contribution in [0.3, 0.4) is 0 Å². The Morgan fingerprint density at radius 1 is 1.07 bits per heavy atom. The third kappa shape index (κ3) is 5.42. The van der Waals surface area contributed by atoms with Crippen LogP contribution in [0.4, 0.5) is 11.4 Å². The van der Waals surface area contributed by atoms with Gasteiger partial charge in [0.2, 0.25) is 11.8 Å². The largest absolute Gasteiger partial charge is 0.394 e. The smallest absolute Gasteiger partial charge is 0.251 e. The highest BCUT2D eigenvalue weighted by molar-refractivity contribution is 8.02. The van der Waals surface area contributed by atoms with Crippen LogP contribution in [0.1, 0.15) is 33.1 Å². The van der Waals surface area contributed by atoms with Crippen LogP contribution in [0.2, 0.25) is 5.02 Å². The summed E-state index contributed by atoms with van der Waals surface area (Å²) < 4.78 is -0.805. The number of rotatable bonds is 12. The number of hydrogen-bond acceptors (Lipinski definition) is 5. The summed E-state index contributed by atoms with van der Waals surface area (Å²) in [7, 11) is 0. The van der Waals surface area contributed by atoms with E-state index in [2.05, 4.69) is 13.2 Å². The van der Waals surface area contributed by atoms with E-state index in [0.717, 1.165) is 12.1 Å². The highest BCUT2D eigenvalue weighted by Gasteiger charge is 2.74. The number of likely N-dealkylation sites (tertiary alicyclic amines) is 1. The molecule has 3 saturated heterocycles. The first-order chi connectivity index (χ1) is 20.7. The van der Waals surface area contributed by atoms with Crippen molar-refractivity contribution in [1.82, 2.24) is 4.90 Å². The van der Waals surface area contributed by atoms with Gasteiger partial charge in [0, 0.05) is 24.0 Å². The van der Waals surface area contributed by atoms with Crippen LogP contribution in [0.25, 0.3) is 0 Å². The minimum Gasteiger partial charge on any atom is -0.394 e. The van der Waals surface area contributed by atoms with Gasteiger partial charge in [0.1, 0.15) is 6.04 Å². The number of hydrogen-bond donors (Lipinski definition) is 1. The number of aliphatic hydroxyl groups is 1. The number of fused-ring (bicyclic) bond motifs is 1. The topological polar surface area (TPSA) is 81.2 Å². The Morgan fingerprint density at radius 3 is 2.35 bits per heavy atom. The van der Waals surface area contributed by atoms with Gasteiger partial charge >= 0.3 is 0 Å². The van der Waals surface area contributed by atoms with Crippen LogP contribution >= 0.6 is 23.4 Å². The zero-order chi connectivity index (χ0) is 30.9. The van der Waals surface area contributed by atoms with Crippen molar-refractivity contribution in [2.75, 3.05) is 29.5 Å². The average molecular weight is 622 g/mol. The standard InChI is InChI=1S/C34H40ClN3O4S/c1-5-18-36(23-12-8-7-9-13-23)31(40)28-27-16-17-34(43-27)29(28)32(41)38(24(21-39)20-22(3)4)30(34)33(42)37(19-6-2)26-15-11-10-14-25(26)35/h5-15,22,24,27-30,39H,1-2,16-21H2,3-4H3/t24-,27-,28+,29+,30?,34?/m1/s1. The molecule has 3 amide bonds. The van der Waals surface area contributed by atoms with Crippen molar-refractivity contribution in [3.8, 4) is 0 Å². The molecule has 6 atom stereocenters. The number of nitrogens with zero attached hydrogens (tertiary/aromatic N) is 3. The maximum absolute atomic E-state index is 14.8. The molecule has 7 nitrogen and oxygen atoms in total. The van der Waals surface area contributed by atoms with Gasteiger partial charge in [-0.25, -0.2) is 0 Å². The molecule has 0 aromatic heterocycles. The number of amides is 3. The van der Waals surface area contributed by atoms with Crippen LogP contribution in [-0.2, 0) is 14.4 Å². The van der Waals surface area contributed by atoms with Crippen molar-refractivity contribution in [1.29, 1.82) is 0 Å². The SMILES string of the molecule is C=CCN(C(=O)[C@@H]1[C@H]2C(=O)N([C@@H](CO)CC(C)C)C(C(=O)N(CC=C)c3ccccc3Cl)C23CC[C@H]1S3)c1ccccc1. The molecule has 2 unspecified atom stereocenters. The molecule has 3 aliphatic heterocycles. The molecule has 5 rings (SSSR count). The van der Waals surface area contributed by atoms with E-state index >= 15 is 0 Å². The third-order valence-corrected chi connectivity index (χ3v) is 11.2. The first-order valence-corrected chi connectivity index (χ1v) is 16.2. The Bertz CT molecular complexity index is 1390. The Hall–Kier alpha value is -3.07. The van der Waals surface area contributed by atoms with Crippen molar-refractivity contribution in [3.05, 3.63) is 84.9 Å². The molecule has 2 aromatic rings. The minimum absolute atomic E-state index is 0.0965. The predicted octanol–water partition coefficient (Wildman–Crippen LogP) is 5.58. The molecule has 0 aliphatic carbocycles. The van der Waals surface area contributed by atoms with Gasteiger partial charge in [0.15, 0.2) is 0 Å². The van der Waals surface area contributed by atoms with E-state index in [1.54, 1.807) is 56.8 Å². The lowest BCUT2D eigenvalue weighted by Gasteiger charge is -2.40. The Morgan fingerprint density at radius 2 is 1.72 bits per heavy atom. The van der Waals surface area contributed by atoms with E-state index in [1.165, 1.54) is 0 Å². The van der Waals surface area contributed by atoms with Crippen molar-refractivity contribution in [3.63, 3.8) is 0 Å². The molecule has 2 aromatic carbocycles. The van der Waals surface area contributed by atoms with Gasteiger partial charge in [-0.05, 0) is 49.4 Å². The highest BCUT2D eigenvalue weighted by Crippen LogP contribution is 2.67. The van der Waals surface area contributed by atoms with Crippen LogP contribution in [0.5, 0.6) is 0 Å². The molecule has 3 heterocycles. The van der Waals surface area contributed by atoms with E-state index < -0.39 is 28.7 Å². The summed E-state index contributed by atoms with van der Waals surface area (Å²) in [6.07, 6.45) is 5.22. The molecule has 0 radical (unpaired) electrons. The highest BCUT2D eigenvalue weighted by atomic mass is 35.5. The number of halogens is 1. The molecule has 3 fully saturated rings. The Kier molecular flexibility index (Phi) is 9.40. The van der Waals surface area contributed by atoms with Crippen molar-refractivity contribution in [2.24, 2.45) is 17.8 Å². The van der Waals surface area contributed by atoms with Gasteiger partial charge < -0.3 is 19.8 Å². The number of anilines is 2. The summed E-state index contributed by atoms with van der Waals surface area (Å²) >= 11 is 8.21. The van der Waals surface area contributed by atoms with Gasteiger partial charge in [0.25, 0.3) is 5.91 Å². The van der Waals surface area contributed by atoms with E-state index in [0.29, 0.717) is 30.1 Å². The normalized spacial score (nSPS) is 26.3. The molecule has 3 aliphatic rings. The number of aliphatic hydroxyl groups excluding tert-OH is 1. The van der Waals surface area contributed by atoms with Gasteiger partial charge in [-0.15, -0.1) is 24.9 Å². The minimum atomic E-state index is -0.866. The van der Waals surface area contributed by atoms with E-state index in [9.17, 15) is 19.5 Å². The molecular weight excluding hydrogens is 582 g/mol. The van der Waals surface area contributed by atoms with Crippen molar-refractivity contribution < 1.29 is 19.5 Å². The number of para-hydroxylation sites is 2. The van der Waals surface area contributed by atoms with Gasteiger partial charge in [-0.1, -0.05) is 67.9 Å². The lowest BCUT2D eigenvalue weighted by Crippen LogP contribution is -2.58. The van der Waals surface area contributed by atoms with Gasteiger partial charge in [0.05, 0.1) is 39.9 Å². The van der Waals surface area contributed by atoms with Crippen molar-refractivity contribution in [2.45, 2.75) is 55.2 Å². The summed E-state index contributed by atoms with van der Waals surface area (Å²) in [6.45, 7) is 12.1. The summed E-state index contributed by atoms with van der Waals surface area (Å²) in [5.41, 5.74) is 1.28. The number of benzene rings is 2. The van der Waals surface area contributed by atoms with E-state index in [4.69, 9.17) is 11.6 Å². The summed E-state index contributed by atoms with van der Waals surface area (Å²) in [4.78, 5) is 48.9. The van der Waals surface area contributed by atoms with Gasteiger partial charge in [-0.2, -0.15) is 0 Å². The second-order valence-electron chi connectivity index (χ2n) is 12.0. The predicted molar refractivity (Wildman–Crippen MR) is 174 cm³/mol. The first kappa shape index (κ1) is 31.4. The Balaban J connectivity index is 1.61. The van der Waals surface area contributed by atoms with E-state index in [-0.39, 0.29) is 42.0 Å². The fourth-order valence-corrected chi connectivity index (χ4v) is 9.79. The molecule has 1 spiro atoms. The van der Waals surface area contributed by atoms with Crippen LogP contribution < -0.4 is 9.80 Å². The maximum Gasteiger partial charge on any atom is 0.251 e. The first-order valence-electron chi connectivity index (χ1n) is 14.9. The summed E-state index contributed by atoms with van der Waals surface area (Å²) in [6, 6.07) is 15.1. The fraction of sp³-hybridized carbons (Fsp3) is 0.441. The van der Waals surface area contributed by atoms with Crippen LogP contribution in [0.15, 0.2) is 79.9 Å². The second-order valence-corrected chi connectivity index (χ2v) is 14.0. The summed E-state index contributed by atoms with van der Waals surface area (Å²) in [5.74, 6) is -1.73. The average Bonchev–Trinajstić information content (AvgIpc) is 3.65. The zero-order valence-electron chi connectivity index (χ0n) is 24.8. The lowest BCUT2D eigenvalue weighted by molar-refractivity contribution is -0.142. The fourth-order valence-electron chi connectivity index (χ4n) is 7.36. The van der Waals surface area contributed by atoms with Gasteiger partial charge in [-0.3, -0.25) is 14.4 Å². The summed E-state index contributed by atoms with van der Waals surface area (Å²) in [5, 5.41) is 10.9. The molecule has 9 heteroatoms.